The summed E-state index contributed by atoms with van der Waals surface area (Å²) in [6, 6.07) is 0. The molecule has 0 rings (SSSR count). The number of ether oxygens (including phenoxy) is 1. The Labute approximate surface area is 113 Å². The Morgan fingerprint density at radius 2 is 1.64 bits per heavy atom. The van der Waals surface area contributed by atoms with E-state index in [1.54, 1.807) is 0 Å². The van der Waals surface area contributed by atoms with Gasteiger partial charge in [-0.2, -0.15) is 7.11 Å². The average Bonchev–Trinajstić information content (AvgIpc) is 2.17. The summed E-state index contributed by atoms with van der Waals surface area (Å²) in [6.07, 6.45) is 0. The van der Waals surface area contributed by atoms with Gasteiger partial charge in [-0.3, -0.25) is 0 Å². The number of hydrogen-bond acceptors (Lipinski definition) is 5. The Balaban J connectivity index is -0.000000117. The Hall–Kier alpha value is 1.09. The van der Waals surface area contributed by atoms with E-state index < -0.39 is 5.54 Å². The summed E-state index contributed by atoms with van der Waals surface area (Å²) < 4.78 is 4.94. The van der Waals surface area contributed by atoms with Gasteiger partial charge in [-0.25, -0.2) is 0 Å². The molecule has 0 fully saturated rings. The fraction of sp³-hybridized carbons (Fsp3) is 1.00. The number of halogens is 1. The molecule has 0 saturated heterocycles. The molecule has 5 nitrogen and oxygen atoms in total. The standard InChI is InChI=1S/C6H15NO3.CH3O.ClH.Na/c1-2-10-5-6(7,3-8)4-9;1-2;;/h8-9H,2-5,7H2,1H3;1H3;1H;/q;-1;;+1. The molecule has 0 spiro atoms. The van der Waals surface area contributed by atoms with Crippen LogP contribution in [0, 0.1) is 0 Å². The summed E-state index contributed by atoms with van der Waals surface area (Å²) in [5.41, 5.74) is 4.48. The van der Waals surface area contributed by atoms with Crippen LogP contribution < -0.4 is 40.4 Å². The summed E-state index contributed by atoms with van der Waals surface area (Å²) >= 11 is 0. The van der Waals surface area contributed by atoms with Crippen LogP contribution in [0.25, 0.3) is 0 Å². The topological polar surface area (TPSA) is 98.8 Å². The van der Waals surface area contributed by atoms with Crippen molar-refractivity contribution >= 4 is 12.4 Å². The molecule has 84 valence electrons. The summed E-state index contributed by atoms with van der Waals surface area (Å²) in [5.74, 6) is 0. The predicted octanol–water partition coefficient (Wildman–Crippen LogP) is -4.89. The third-order valence-corrected chi connectivity index (χ3v) is 1.22. The zero-order chi connectivity index (χ0) is 10.0. The number of aliphatic hydroxyl groups excluding tert-OH is 2. The van der Waals surface area contributed by atoms with Gasteiger partial charge in [0.1, 0.15) is 0 Å². The van der Waals surface area contributed by atoms with E-state index in [-0.39, 0.29) is 61.8 Å². The van der Waals surface area contributed by atoms with E-state index in [1.807, 2.05) is 6.92 Å². The molecule has 0 aromatic rings. The van der Waals surface area contributed by atoms with Crippen LogP contribution in [0.1, 0.15) is 6.92 Å². The normalized spacial score (nSPS) is 9.00. The molecule has 4 N–H and O–H groups in total. The molecule has 14 heavy (non-hydrogen) atoms. The van der Waals surface area contributed by atoms with Crippen LogP contribution in [0.15, 0.2) is 0 Å². The fourth-order valence-electron chi connectivity index (χ4n) is 0.447. The van der Waals surface area contributed by atoms with Gasteiger partial charge in [-0.05, 0) is 6.92 Å². The molecule has 0 atom stereocenters. The Morgan fingerprint density at radius 3 is 1.86 bits per heavy atom. The van der Waals surface area contributed by atoms with Crippen molar-refractivity contribution in [1.82, 2.24) is 0 Å². The number of nitrogens with two attached hydrogens (primary N) is 1. The van der Waals surface area contributed by atoms with Crippen molar-refractivity contribution in [1.29, 1.82) is 0 Å². The van der Waals surface area contributed by atoms with Gasteiger partial charge in [0.25, 0.3) is 0 Å². The zero-order valence-electron chi connectivity index (χ0n) is 9.02. The first-order valence-corrected chi connectivity index (χ1v) is 3.67. The van der Waals surface area contributed by atoms with Crippen molar-refractivity contribution in [2.24, 2.45) is 5.73 Å². The van der Waals surface area contributed by atoms with E-state index in [0.29, 0.717) is 6.61 Å². The van der Waals surface area contributed by atoms with Gasteiger partial charge in [-0.1, -0.05) is 0 Å². The van der Waals surface area contributed by atoms with E-state index in [1.165, 1.54) is 0 Å². The summed E-state index contributed by atoms with van der Waals surface area (Å²) in [5, 5.41) is 25.5. The van der Waals surface area contributed by atoms with E-state index >= 15 is 0 Å². The molecule has 0 aromatic heterocycles. The Kier molecular flexibility index (Phi) is 28.7. The van der Waals surface area contributed by atoms with Crippen molar-refractivity contribution in [3.05, 3.63) is 0 Å². The van der Waals surface area contributed by atoms with Crippen molar-refractivity contribution in [2.75, 3.05) is 33.5 Å². The van der Waals surface area contributed by atoms with Gasteiger partial charge in [-0.15, -0.1) is 12.4 Å². The smallest absolute Gasteiger partial charge is 0.857 e. The van der Waals surface area contributed by atoms with Crippen LogP contribution in [-0.4, -0.2) is 49.3 Å². The van der Waals surface area contributed by atoms with Crippen LogP contribution in [0.2, 0.25) is 0 Å². The van der Waals surface area contributed by atoms with Crippen molar-refractivity contribution in [3.63, 3.8) is 0 Å². The molecule has 0 aromatic carbocycles. The van der Waals surface area contributed by atoms with E-state index in [9.17, 15) is 0 Å². The van der Waals surface area contributed by atoms with Crippen LogP contribution in [0.4, 0.5) is 0 Å². The number of hydrogen-bond donors (Lipinski definition) is 3. The minimum Gasteiger partial charge on any atom is -0.857 e. The third-order valence-electron chi connectivity index (χ3n) is 1.22. The van der Waals surface area contributed by atoms with E-state index in [0.717, 1.165) is 7.11 Å². The van der Waals surface area contributed by atoms with Crippen molar-refractivity contribution < 1.29 is 49.6 Å². The maximum absolute atomic E-state index is 8.65. The first-order valence-electron chi connectivity index (χ1n) is 3.67. The number of aliphatic hydroxyl groups is 2. The molecule has 0 amide bonds. The van der Waals surface area contributed by atoms with Crippen LogP contribution in [0.5, 0.6) is 0 Å². The summed E-state index contributed by atoms with van der Waals surface area (Å²) in [7, 11) is 0.750. The second kappa shape index (κ2) is 16.5. The van der Waals surface area contributed by atoms with Crippen molar-refractivity contribution in [3.8, 4) is 0 Å². The zero-order valence-corrected chi connectivity index (χ0v) is 11.8. The van der Waals surface area contributed by atoms with Gasteiger partial charge in [0, 0.05) is 6.61 Å². The van der Waals surface area contributed by atoms with Gasteiger partial charge in [0.15, 0.2) is 0 Å². The Morgan fingerprint density at radius 1 is 1.29 bits per heavy atom. The van der Waals surface area contributed by atoms with E-state index in [4.69, 9.17) is 25.8 Å². The van der Waals surface area contributed by atoms with E-state index in [2.05, 4.69) is 0 Å². The number of rotatable bonds is 5. The van der Waals surface area contributed by atoms with Crippen LogP contribution >= 0.6 is 12.4 Å². The molecular formula is C7H19ClNNaO4. The molecule has 0 saturated carbocycles. The van der Waals surface area contributed by atoms with Gasteiger partial charge in [0.2, 0.25) is 0 Å². The summed E-state index contributed by atoms with van der Waals surface area (Å²) in [4.78, 5) is 0. The van der Waals surface area contributed by atoms with Crippen molar-refractivity contribution in [2.45, 2.75) is 12.5 Å². The summed E-state index contributed by atoms with van der Waals surface area (Å²) in [6.45, 7) is 2.04. The van der Waals surface area contributed by atoms with Gasteiger partial charge >= 0.3 is 29.6 Å². The molecular weight excluding hydrogens is 221 g/mol. The van der Waals surface area contributed by atoms with Crippen LogP contribution in [-0.2, 0) is 4.74 Å². The molecule has 0 unspecified atom stereocenters. The maximum Gasteiger partial charge on any atom is 1.00 e. The van der Waals surface area contributed by atoms with Crippen LogP contribution in [0.3, 0.4) is 0 Å². The maximum atomic E-state index is 8.65. The van der Waals surface area contributed by atoms with Gasteiger partial charge < -0.3 is 25.8 Å². The molecule has 7 heteroatoms. The first-order chi connectivity index (χ1) is 5.68. The third kappa shape index (κ3) is 13.1. The largest absolute Gasteiger partial charge is 1.00 e. The monoisotopic (exact) mass is 239 g/mol. The minimum atomic E-state index is -0.976. The second-order valence-electron chi connectivity index (χ2n) is 2.32. The molecule has 0 aliphatic heterocycles. The molecule has 0 aliphatic carbocycles. The molecule has 0 heterocycles. The SMILES string of the molecule is CCOCC(N)(CO)CO.C[O-].Cl.[Na+]. The second-order valence-corrected chi connectivity index (χ2v) is 2.32. The minimum absolute atomic E-state index is 0. The van der Waals surface area contributed by atoms with Gasteiger partial charge in [0.05, 0.1) is 25.4 Å². The first kappa shape index (κ1) is 24.4. The Bertz CT molecular complexity index is 95.8. The molecule has 0 aliphatic rings. The fourth-order valence-corrected chi connectivity index (χ4v) is 0.447. The quantitative estimate of drug-likeness (QED) is 0.418. The molecule has 0 radical (unpaired) electrons. The molecule has 0 bridgehead atoms. The predicted molar refractivity (Wildman–Crippen MR) is 50.8 cm³/mol. The average molecular weight is 240 g/mol.